The molecule has 1 atom stereocenters. The number of aromatic nitrogens is 3. The van der Waals surface area contributed by atoms with Crippen LogP contribution in [0.15, 0.2) is 17.5 Å². The first-order valence-corrected chi connectivity index (χ1v) is 5.25. The van der Waals surface area contributed by atoms with Gasteiger partial charge in [0.15, 0.2) is 5.69 Å². The molecule has 0 saturated carbocycles. The molecule has 0 aliphatic carbocycles. The molecule has 2 heterocycles. The highest BCUT2D eigenvalue weighted by Crippen LogP contribution is 2.27. The van der Waals surface area contributed by atoms with Gasteiger partial charge in [0, 0.05) is 10.8 Å². The zero-order valence-electron chi connectivity index (χ0n) is 7.97. The van der Waals surface area contributed by atoms with Crippen molar-refractivity contribution < 1.29 is 9.90 Å². The number of hydrogen-bond acceptors (Lipinski definition) is 4. The second-order valence-electron chi connectivity index (χ2n) is 3.10. The lowest BCUT2D eigenvalue weighted by atomic mass is 10.0. The van der Waals surface area contributed by atoms with Crippen molar-refractivity contribution in [3.8, 4) is 0 Å². The molecule has 15 heavy (non-hydrogen) atoms. The van der Waals surface area contributed by atoms with E-state index in [1.54, 1.807) is 11.3 Å². The molecule has 0 amide bonds. The molecule has 0 aromatic carbocycles. The third-order valence-electron chi connectivity index (χ3n) is 2.16. The van der Waals surface area contributed by atoms with E-state index in [1.807, 2.05) is 24.4 Å². The topological polar surface area (TPSA) is 78.9 Å². The summed E-state index contributed by atoms with van der Waals surface area (Å²) in [4.78, 5) is 11.9. The van der Waals surface area contributed by atoms with Gasteiger partial charge in [-0.3, -0.25) is 0 Å². The standard InChI is InChI=1S/C9H9N3O2S/c1-5(6-3-2-4-15-6)7-8(9(13)14)11-12-10-7/h2-5H,1H3,(H,13,14)(H,10,11,12). The van der Waals surface area contributed by atoms with Crippen molar-refractivity contribution >= 4 is 17.3 Å². The van der Waals surface area contributed by atoms with Crippen LogP contribution in [0.5, 0.6) is 0 Å². The number of carboxylic acids is 1. The fourth-order valence-corrected chi connectivity index (χ4v) is 2.16. The van der Waals surface area contributed by atoms with E-state index in [1.165, 1.54) is 0 Å². The quantitative estimate of drug-likeness (QED) is 0.830. The summed E-state index contributed by atoms with van der Waals surface area (Å²) in [5.74, 6) is -1.10. The first-order valence-electron chi connectivity index (χ1n) is 4.37. The molecule has 0 aliphatic heterocycles. The molecule has 0 saturated heterocycles. The Morgan fingerprint density at radius 3 is 3.00 bits per heavy atom. The SMILES string of the molecule is CC(c1cccs1)c1n[nH]nc1C(=O)O. The molecule has 0 radical (unpaired) electrons. The minimum Gasteiger partial charge on any atom is -0.476 e. The smallest absolute Gasteiger partial charge is 0.358 e. The van der Waals surface area contributed by atoms with Crippen LogP contribution in [0.4, 0.5) is 0 Å². The summed E-state index contributed by atoms with van der Waals surface area (Å²) in [7, 11) is 0. The van der Waals surface area contributed by atoms with Crippen LogP contribution in [0, 0.1) is 0 Å². The van der Waals surface area contributed by atoms with Crippen molar-refractivity contribution in [2.45, 2.75) is 12.8 Å². The number of nitrogens with zero attached hydrogens (tertiary/aromatic N) is 2. The van der Waals surface area contributed by atoms with Crippen molar-refractivity contribution in [2.24, 2.45) is 0 Å². The van der Waals surface area contributed by atoms with Crippen LogP contribution in [-0.4, -0.2) is 26.5 Å². The van der Waals surface area contributed by atoms with Crippen molar-refractivity contribution in [2.75, 3.05) is 0 Å². The van der Waals surface area contributed by atoms with Crippen molar-refractivity contribution in [3.05, 3.63) is 33.8 Å². The van der Waals surface area contributed by atoms with E-state index in [-0.39, 0.29) is 11.6 Å². The van der Waals surface area contributed by atoms with E-state index in [9.17, 15) is 4.79 Å². The second kappa shape index (κ2) is 3.82. The van der Waals surface area contributed by atoms with E-state index in [2.05, 4.69) is 15.4 Å². The van der Waals surface area contributed by atoms with Gasteiger partial charge in [-0.1, -0.05) is 13.0 Å². The summed E-state index contributed by atoms with van der Waals surface area (Å²) in [6.45, 7) is 1.91. The minimum absolute atomic E-state index is 0.00380. The number of carboxylic acid groups (broad SMARTS) is 1. The molecular weight excluding hydrogens is 214 g/mol. The lowest BCUT2D eigenvalue weighted by Gasteiger charge is -2.05. The average molecular weight is 223 g/mol. The van der Waals surface area contributed by atoms with Gasteiger partial charge >= 0.3 is 5.97 Å². The van der Waals surface area contributed by atoms with Crippen molar-refractivity contribution in [3.63, 3.8) is 0 Å². The zero-order valence-corrected chi connectivity index (χ0v) is 8.78. The largest absolute Gasteiger partial charge is 0.476 e. The normalized spacial score (nSPS) is 12.6. The molecule has 78 valence electrons. The highest BCUT2D eigenvalue weighted by atomic mass is 32.1. The van der Waals surface area contributed by atoms with Gasteiger partial charge in [-0.2, -0.15) is 10.3 Å². The number of rotatable bonds is 3. The lowest BCUT2D eigenvalue weighted by Crippen LogP contribution is -2.05. The van der Waals surface area contributed by atoms with Crippen molar-refractivity contribution in [1.82, 2.24) is 15.4 Å². The van der Waals surface area contributed by atoms with Gasteiger partial charge in [0.2, 0.25) is 0 Å². The molecule has 2 aromatic rings. The minimum atomic E-state index is -1.05. The van der Waals surface area contributed by atoms with Gasteiger partial charge in [-0.05, 0) is 11.4 Å². The highest BCUT2D eigenvalue weighted by Gasteiger charge is 2.21. The van der Waals surface area contributed by atoms with Gasteiger partial charge in [-0.25, -0.2) is 4.79 Å². The number of H-pyrrole nitrogens is 1. The maximum absolute atomic E-state index is 10.8. The van der Waals surface area contributed by atoms with Gasteiger partial charge in [0.05, 0.1) is 0 Å². The predicted octanol–water partition coefficient (Wildman–Crippen LogP) is 1.72. The summed E-state index contributed by atoms with van der Waals surface area (Å²) < 4.78 is 0. The van der Waals surface area contributed by atoms with E-state index >= 15 is 0 Å². The molecule has 2 N–H and O–H groups in total. The molecule has 5 nitrogen and oxygen atoms in total. The van der Waals surface area contributed by atoms with Gasteiger partial charge in [0.25, 0.3) is 0 Å². The van der Waals surface area contributed by atoms with Crippen LogP contribution in [0.25, 0.3) is 0 Å². The molecule has 1 unspecified atom stereocenters. The monoisotopic (exact) mass is 223 g/mol. The lowest BCUT2D eigenvalue weighted by molar-refractivity contribution is 0.0689. The Morgan fingerprint density at radius 2 is 2.40 bits per heavy atom. The average Bonchev–Trinajstić information content (AvgIpc) is 2.88. The van der Waals surface area contributed by atoms with E-state index in [0.29, 0.717) is 5.69 Å². The van der Waals surface area contributed by atoms with E-state index < -0.39 is 5.97 Å². The van der Waals surface area contributed by atoms with E-state index in [4.69, 9.17) is 5.11 Å². The molecule has 0 fully saturated rings. The number of thiophene rings is 1. The third-order valence-corrected chi connectivity index (χ3v) is 3.21. The number of hydrogen-bond donors (Lipinski definition) is 2. The summed E-state index contributed by atoms with van der Waals surface area (Å²) in [5, 5.41) is 20.7. The first kappa shape index (κ1) is 9.85. The molecule has 0 aliphatic rings. The second-order valence-corrected chi connectivity index (χ2v) is 4.08. The number of carbonyl (C=O) groups is 1. The highest BCUT2D eigenvalue weighted by molar-refractivity contribution is 7.10. The third kappa shape index (κ3) is 1.75. The molecular formula is C9H9N3O2S. The van der Waals surface area contributed by atoms with Crippen LogP contribution < -0.4 is 0 Å². The Kier molecular flexibility index (Phi) is 2.51. The summed E-state index contributed by atoms with van der Waals surface area (Å²) >= 11 is 1.58. The van der Waals surface area contributed by atoms with Crippen LogP contribution in [0.1, 0.15) is 33.9 Å². The molecule has 6 heteroatoms. The number of aromatic carboxylic acids is 1. The maximum atomic E-state index is 10.8. The van der Waals surface area contributed by atoms with E-state index in [0.717, 1.165) is 4.88 Å². The Balaban J connectivity index is 2.37. The van der Waals surface area contributed by atoms with Crippen LogP contribution in [0.2, 0.25) is 0 Å². The summed E-state index contributed by atoms with van der Waals surface area (Å²) in [5.41, 5.74) is 0.473. The Hall–Kier alpha value is -1.69. The molecule has 2 aromatic heterocycles. The fourth-order valence-electron chi connectivity index (χ4n) is 1.37. The Labute approximate surface area is 89.8 Å². The van der Waals surface area contributed by atoms with Crippen molar-refractivity contribution in [1.29, 1.82) is 0 Å². The molecule has 2 rings (SSSR count). The van der Waals surface area contributed by atoms with Gasteiger partial charge in [0.1, 0.15) is 5.69 Å². The Bertz CT molecular complexity index is 463. The maximum Gasteiger partial charge on any atom is 0.358 e. The van der Waals surface area contributed by atoms with Crippen LogP contribution in [-0.2, 0) is 0 Å². The first-order chi connectivity index (χ1) is 7.20. The van der Waals surface area contributed by atoms with Crippen LogP contribution in [0.3, 0.4) is 0 Å². The number of nitrogens with one attached hydrogen (secondary N) is 1. The molecule has 0 bridgehead atoms. The fraction of sp³-hybridized carbons (Fsp3) is 0.222. The summed E-state index contributed by atoms with van der Waals surface area (Å²) in [6.07, 6.45) is 0. The van der Waals surface area contributed by atoms with Gasteiger partial charge in [-0.15, -0.1) is 16.4 Å². The zero-order chi connectivity index (χ0) is 10.8. The van der Waals surface area contributed by atoms with Crippen LogP contribution >= 0.6 is 11.3 Å². The summed E-state index contributed by atoms with van der Waals surface area (Å²) in [6, 6.07) is 3.88. The number of aromatic amines is 1. The predicted molar refractivity (Wildman–Crippen MR) is 55.2 cm³/mol. The Morgan fingerprint density at radius 1 is 1.60 bits per heavy atom. The molecule has 0 spiro atoms. The van der Waals surface area contributed by atoms with Gasteiger partial charge < -0.3 is 5.11 Å².